The maximum Gasteiger partial charge on any atom is 0.246 e. The number of likely N-dealkylation sites (N-methyl/N-ethyl adjacent to an activating group) is 1. The molecule has 1 amide bonds. The Morgan fingerprint density at radius 2 is 1.74 bits per heavy atom. The number of carbonyl (C=O) groups is 1. The molecule has 0 radical (unpaired) electrons. The van der Waals surface area contributed by atoms with E-state index in [9.17, 15) is 4.79 Å². The van der Waals surface area contributed by atoms with Gasteiger partial charge in [0.25, 0.3) is 0 Å². The second-order valence-electron chi connectivity index (χ2n) is 8.84. The molecule has 0 atom stereocenters. The zero-order chi connectivity index (χ0) is 22.2. The molecule has 2 aliphatic rings. The van der Waals surface area contributed by atoms with Crippen molar-refractivity contribution in [3.8, 4) is 11.5 Å². The summed E-state index contributed by atoms with van der Waals surface area (Å²) in [4.78, 5) is 19.9. The Labute approximate surface area is 187 Å². The minimum atomic E-state index is 0.0787. The van der Waals surface area contributed by atoms with Crippen LogP contribution in [0.4, 0.5) is 0 Å². The van der Waals surface area contributed by atoms with E-state index in [1.807, 2.05) is 29.2 Å². The maximum atomic E-state index is 12.8. The minimum absolute atomic E-state index is 0.0787. The van der Waals surface area contributed by atoms with Gasteiger partial charge in [0.2, 0.25) is 5.91 Å². The van der Waals surface area contributed by atoms with Crippen molar-refractivity contribution in [3.63, 3.8) is 0 Å². The number of rotatable bonds is 8. The lowest BCUT2D eigenvalue weighted by Gasteiger charge is -2.41. The summed E-state index contributed by atoms with van der Waals surface area (Å²) in [5, 5.41) is 0. The number of benzene rings is 1. The fourth-order valence-corrected chi connectivity index (χ4v) is 4.78. The van der Waals surface area contributed by atoms with Gasteiger partial charge in [0, 0.05) is 25.2 Å². The van der Waals surface area contributed by atoms with Crippen molar-refractivity contribution in [3.05, 3.63) is 29.8 Å². The molecule has 2 fully saturated rings. The topological polar surface area (TPSA) is 45.2 Å². The molecule has 3 rings (SSSR count). The molecule has 2 aliphatic heterocycles. The van der Waals surface area contributed by atoms with Gasteiger partial charge >= 0.3 is 0 Å². The van der Waals surface area contributed by atoms with Crippen molar-refractivity contribution in [1.29, 1.82) is 0 Å². The number of hydrogen-bond donors (Lipinski definition) is 0. The fourth-order valence-electron chi connectivity index (χ4n) is 4.78. The van der Waals surface area contributed by atoms with Gasteiger partial charge in [-0.05, 0) is 95.5 Å². The van der Waals surface area contributed by atoms with Gasteiger partial charge in [-0.1, -0.05) is 6.07 Å². The highest BCUT2D eigenvalue weighted by Crippen LogP contribution is 2.28. The van der Waals surface area contributed by atoms with Crippen molar-refractivity contribution in [2.45, 2.75) is 38.6 Å². The summed E-state index contributed by atoms with van der Waals surface area (Å²) < 4.78 is 10.6. The smallest absolute Gasteiger partial charge is 0.246 e. The molecule has 2 heterocycles. The summed E-state index contributed by atoms with van der Waals surface area (Å²) in [7, 11) is 5.46. The lowest BCUT2D eigenvalue weighted by Crippen LogP contribution is -2.48. The predicted octanol–water partition coefficient (Wildman–Crippen LogP) is 3.37. The van der Waals surface area contributed by atoms with Gasteiger partial charge in [-0.25, -0.2) is 0 Å². The first kappa shape index (κ1) is 23.6. The molecule has 1 aromatic carbocycles. The van der Waals surface area contributed by atoms with E-state index < -0.39 is 0 Å². The average Bonchev–Trinajstić information content (AvgIpc) is 2.81. The number of nitrogens with zero attached hydrogens (tertiary/aromatic N) is 3. The first-order valence-corrected chi connectivity index (χ1v) is 11.7. The van der Waals surface area contributed by atoms with Gasteiger partial charge in [0.15, 0.2) is 11.5 Å². The van der Waals surface area contributed by atoms with E-state index in [0.717, 1.165) is 24.7 Å². The molecular formula is C25H39N3O3. The Morgan fingerprint density at radius 1 is 1.06 bits per heavy atom. The highest BCUT2D eigenvalue weighted by Gasteiger charge is 2.28. The van der Waals surface area contributed by atoms with Crippen molar-refractivity contribution < 1.29 is 14.3 Å². The van der Waals surface area contributed by atoms with E-state index in [-0.39, 0.29) is 5.91 Å². The molecule has 6 heteroatoms. The van der Waals surface area contributed by atoms with Crippen molar-refractivity contribution in [2.24, 2.45) is 5.92 Å². The second-order valence-corrected chi connectivity index (χ2v) is 8.84. The summed E-state index contributed by atoms with van der Waals surface area (Å²) in [5.74, 6) is 2.03. The highest BCUT2D eigenvalue weighted by atomic mass is 16.5. The number of piperidine rings is 2. The highest BCUT2D eigenvalue weighted by molar-refractivity contribution is 5.91. The molecule has 31 heavy (non-hydrogen) atoms. The third-order valence-electron chi connectivity index (χ3n) is 6.85. The van der Waals surface area contributed by atoms with E-state index in [2.05, 4.69) is 23.8 Å². The van der Waals surface area contributed by atoms with E-state index in [1.165, 1.54) is 51.9 Å². The SMILES string of the molecule is CCN(CC1CCN(C2CCN(C)CC2)CC1)C(=O)/C=C/c1ccc(OC)c(OC)c1. The summed E-state index contributed by atoms with van der Waals surface area (Å²) in [6.45, 7) is 8.44. The summed E-state index contributed by atoms with van der Waals surface area (Å²) in [6, 6.07) is 6.43. The standard InChI is InChI=1S/C25H39N3O3/c1-5-27(25(29)9-7-20-6-8-23(30-3)24(18-20)31-4)19-21-10-16-28(17-11-21)22-12-14-26(2)15-13-22/h6-9,18,21-22H,5,10-17,19H2,1-4H3/b9-7+. The van der Waals surface area contributed by atoms with Gasteiger partial charge in [-0.3, -0.25) is 4.79 Å². The number of methoxy groups -OCH3 is 2. The zero-order valence-electron chi connectivity index (χ0n) is 19.7. The first-order chi connectivity index (χ1) is 15.0. The maximum absolute atomic E-state index is 12.8. The molecule has 1 aromatic rings. The average molecular weight is 430 g/mol. The van der Waals surface area contributed by atoms with Crippen LogP contribution in [0.15, 0.2) is 24.3 Å². The molecular weight excluding hydrogens is 390 g/mol. The quantitative estimate of drug-likeness (QED) is 0.593. The number of carbonyl (C=O) groups excluding carboxylic acids is 1. The van der Waals surface area contributed by atoms with Crippen LogP contribution in [0.25, 0.3) is 6.08 Å². The van der Waals surface area contributed by atoms with Crippen LogP contribution in [0.3, 0.4) is 0 Å². The summed E-state index contributed by atoms with van der Waals surface area (Å²) in [5.41, 5.74) is 0.925. The minimum Gasteiger partial charge on any atom is -0.493 e. The van der Waals surface area contributed by atoms with E-state index in [1.54, 1.807) is 20.3 Å². The number of amides is 1. The largest absolute Gasteiger partial charge is 0.493 e. The monoisotopic (exact) mass is 429 g/mol. The van der Waals surface area contributed by atoms with Crippen LogP contribution in [-0.4, -0.2) is 87.2 Å². The Morgan fingerprint density at radius 3 is 2.35 bits per heavy atom. The molecule has 0 saturated carbocycles. The molecule has 0 bridgehead atoms. The fraction of sp³-hybridized carbons (Fsp3) is 0.640. The first-order valence-electron chi connectivity index (χ1n) is 11.7. The van der Waals surface area contributed by atoms with Crippen molar-refractivity contribution >= 4 is 12.0 Å². The Bertz CT molecular complexity index is 736. The number of ether oxygens (including phenoxy) is 2. The molecule has 6 nitrogen and oxygen atoms in total. The Balaban J connectivity index is 1.49. The van der Waals surface area contributed by atoms with Crippen LogP contribution < -0.4 is 9.47 Å². The summed E-state index contributed by atoms with van der Waals surface area (Å²) >= 11 is 0. The molecule has 2 saturated heterocycles. The van der Waals surface area contributed by atoms with E-state index in [4.69, 9.17) is 9.47 Å². The van der Waals surface area contributed by atoms with Gasteiger partial charge in [0.1, 0.15) is 0 Å². The van der Waals surface area contributed by atoms with Crippen LogP contribution in [-0.2, 0) is 4.79 Å². The Hall–Kier alpha value is -2.05. The zero-order valence-corrected chi connectivity index (χ0v) is 19.7. The molecule has 0 N–H and O–H groups in total. The molecule has 0 spiro atoms. The number of likely N-dealkylation sites (tertiary alicyclic amines) is 2. The molecule has 172 valence electrons. The van der Waals surface area contributed by atoms with E-state index in [0.29, 0.717) is 17.4 Å². The van der Waals surface area contributed by atoms with Gasteiger partial charge in [-0.2, -0.15) is 0 Å². The molecule has 0 aromatic heterocycles. The van der Waals surface area contributed by atoms with Crippen LogP contribution in [0.1, 0.15) is 38.2 Å². The van der Waals surface area contributed by atoms with Crippen LogP contribution in [0, 0.1) is 5.92 Å². The van der Waals surface area contributed by atoms with Gasteiger partial charge in [0.05, 0.1) is 14.2 Å². The van der Waals surface area contributed by atoms with Crippen LogP contribution >= 0.6 is 0 Å². The van der Waals surface area contributed by atoms with Crippen molar-refractivity contribution in [2.75, 3.05) is 60.5 Å². The lowest BCUT2D eigenvalue weighted by molar-refractivity contribution is -0.126. The van der Waals surface area contributed by atoms with Crippen LogP contribution in [0.2, 0.25) is 0 Å². The van der Waals surface area contributed by atoms with Gasteiger partial charge in [-0.15, -0.1) is 0 Å². The third-order valence-corrected chi connectivity index (χ3v) is 6.85. The summed E-state index contributed by atoms with van der Waals surface area (Å²) in [6.07, 6.45) is 8.50. The molecule has 0 aliphatic carbocycles. The lowest BCUT2D eigenvalue weighted by atomic mass is 9.93. The normalized spacial score (nSPS) is 19.6. The predicted molar refractivity (Wildman–Crippen MR) is 126 cm³/mol. The van der Waals surface area contributed by atoms with E-state index >= 15 is 0 Å². The second kappa shape index (κ2) is 11.5. The van der Waals surface area contributed by atoms with Gasteiger partial charge < -0.3 is 24.2 Å². The molecule has 0 unspecified atom stereocenters. The third kappa shape index (κ3) is 6.47. The van der Waals surface area contributed by atoms with Crippen molar-refractivity contribution in [1.82, 2.24) is 14.7 Å². The van der Waals surface area contributed by atoms with Crippen LogP contribution in [0.5, 0.6) is 11.5 Å². The number of hydrogen-bond acceptors (Lipinski definition) is 5. The Kier molecular flexibility index (Phi) is 8.79.